The summed E-state index contributed by atoms with van der Waals surface area (Å²) in [6.45, 7) is 8.43. The van der Waals surface area contributed by atoms with Gasteiger partial charge in [-0.1, -0.05) is 31.2 Å². The molecule has 0 aliphatic heterocycles. The van der Waals surface area contributed by atoms with Crippen molar-refractivity contribution in [1.29, 1.82) is 0 Å². The first-order valence-corrected chi connectivity index (χ1v) is 9.09. The van der Waals surface area contributed by atoms with Gasteiger partial charge in [0.15, 0.2) is 0 Å². The maximum Gasteiger partial charge on any atom is 0.306 e. The van der Waals surface area contributed by atoms with Gasteiger partial charge in [0.1, 0.15) is 0 Å². The molecule has 1 aromatic heterocycles. The molecule has 1 heterocycles. The Balaban J connectivity index is 2.07. The molecular formula is C21H27NO2. The maximum atomic E-state index is 12.0. The first-order valence-electron chi connectivity index (χ1n) is 9.09. The van der Waals surface area contributed by atoms with Crippen LogP contribution in [0.1, 0.15) is 68.2 Å². The van der Waals surface area contributed by atoms with Crippen molar-refractivity contribution in [3.63, 3.8) is 0 Å². The minimum Gasteiger partial charge on any atom is -0.466 e. The Morgan fingerprint density at radius 1 is 1.33 bits per heavy atom. The number of H-pyrrole nitrogens is 1. The molecule has 1 aromatic carbocycles. The number of esters is 1. The van der Waals surface area contributed by atoms with Crippen LogP contribution in [0, 0.1) is 0 Å². The summed E-state index contributed by atoms with van der Waals surface area (Å²) in [5.74, 6) is 0.638. The molecule has 0 unspecified atom stereocenters. The molecule has 0 saturated carbocycles. The minimum absolute atomic E-state index is 0.0926. The highest BCUT2D eigenvalue weighted by molar-refractivity contribution is 5.88. The normalized spacial score (nSPS) is 19.9. The number of para-hydroxylation sites is 1. The van der Waals surface area contributed by atoms with E-state index in [1.54, 1.807) is 0 Å². The van der Waals surface area contributed by atoms with Crippen LogP contribution in [-0.4, -0.2) is 17.6 Å². The molecule has 2 aromatic rings. The van der Waals surface area contributed by atoms with Crippen LogP contribution >= 0.6 is 0 Å². The highest BCUT2D eigenvalue weighted by atomic mass is 16.5. The van der Waals surface area contributed by atoms with Gasteiger partial charge in [0, 0.05) is 22.5 Å². The lowest BCUT2D eigenvalue weighted by Gasteiger charge is -2.28. The van der Waals surface area contributed by atoms with Gasteiger partial charge >= 0.3 is 5.97 Å². The zero-order valence-electron chi connectivity index (χ0n) is 14.7. The summed E-state index contributed by atoms with van der Waals surface area (Å²) < 4.78 is 5.18. The molecule has 128 valence electrons. The second-order valence-corrected chi connectivity index (χ2v) is 6.65. The molecule has 0 fully saturated rings. The van der Waals surface area contributed by atoms with Crippen molar-refractivity contribution in [2.24, 2.45) is 0 Å². The quantitative estimate of drug-likeness (QED) is 0.584. The van der Waals surface area contributed by atoms with Crippen LogP contribution in [0.15, 0.2) is 30.9 Å². The van der Waals surface area contributed by atoms with Gasteiger partial charge < -0.3 is 9.72 Å². The number of aromatic nitrogens is 1. The molecule has 24 heavy (non-hydrogen) atoms. The number of carbonyl (C=O) groups excluding carboxylic acids is 1. The van der Waals surface area contributed by atoms with Gasteiger partial charge in [-0.25, -0.2) is 0 Å². The Morgan fingerprint density at radius 3 is 2.83 bits per heavy atom. The van der Waals surface area contributed by atoms with E-state index in [0.717, 1.165) is 25.7 Å². The van der Waals surface area contributed by atoms with Gasteiger partial charge in [0.05, 0.1) is 13.0 Å². The number of allylic oxidation sites excluding steroid dienone is 1. The van der Waals surface area contributed by atoms with Crippen LogP contribution in [0.25, 0.3) is 10.9 Å². The standard InChI is InChI=1S/C21H27NO2/c1-4-8-15-11-12-16(13-18(23)24-6-3)21-19(15)17-10-7-9-14(5-2)20(17)22-21/h4,7,9-10,15-16,22H,1,5-6,8,11-13H2,2-3H3/t15-,16-/m0/s1. The lowest BCUT2D eigenvalue weighted by Crippen LogP contribution is -2.18. The predicted molar refractivity (Wildman–Crippen MR) is 98.5 cm³/mol. The number of nitrogens with one attached hydrogen (secondary N) is 1. The van der Waals surface area contributed by atoms with Crippen LogP contribution in [0.3, 0.4) is 0 Å². The Labute approximate surface area is 144 Å². The summed E-state index contributed by atoms with van der Waals surface area (Å²) in [6.07, 6.45) is 6.61. The predicted octanol–water partition coefficient (Wildman–Crippen LogP) is 5.22. The Kier molecular flexibility index (Phi) is 5.08. The van der Waals surface area contributed by atoms with E-state index in [9.17, 15) is 4.79 Å². The molecule has 3 heteroatoms. The fraction of sp³-hybridized carbons (Fsp3) is 0.476. The highest BCUT2D eigenvalue weighted by Crippen LogP contribution is 2.46. The Morgan fingerprint density at radius 2 is 2.12 bits per heavy atom. The van der Waals surface area contributed by atoms with E-state index >= 15 is 0 Å². The fourth-order valence-corrected chi connectivity index (χ4v) is 4.13. The van der Waals surface area contributed by atoms with Crippen LogP contribution in [-0.2, 0) is 16.0 Å². The zero-order chi connectivity index (χ0) is 17.1. The molecular weight excluding hydrogens is 298 g/mol. The smallest absolute Gasteiger partial charge is 0.306 e. The number of benzene rings is 1. The summed E-state index contributed by atoms with van der Waals surface area (Å²) in [4.78, 5) is 15.7. The molecule has 0 spiro atoms. The van der Waals surface area contributed by atoms with Crippen molar-refractivity contribution in [2.45, 2.75) is 57.8 Å². The maximum absolute atomic E-state index is 12.0. The molecule has 1 aliphatic carbocycles. The van der Waals surface area contributed by atoms with Crippen molar-refractivity contribution in [3.8, 4) is 0 Å². The average molecular weight is 325 g/mol. The molecule has 1 N–H and O–H groups in total. The minimum atomic E-state index is -0.0926. The number of aryl methyl sites for hydroxylation is 1. The largest absolute Gasteiger partial charge is 0.466 e. The zero-order valence-corrected chi connectivity index (χ0v) is 14.7. The summed E-state index contributed by atoms with van der Waals surface area (Å²) in [6, 6.07) is 6.55. The van der Waals surface area contributed by atoms with Gasteiger partial charge in [0.25, 0.3) is 0 Å². The Bertz CT molecular complexity index is 744. The number of aromatic amines is 1. The molecule has 0 saturated heterocycles. The summed E-state index contributed by atoms with van der Waals surface area (Å²) >= 11 is 0. The SMILES string of the molecule is C=CC[C@H]1CC[C@@H](CC(=O)OCC)c2[nH]c3c(CC)cccc3c21. The first-order chi connectivity index (χ1) is 11.7. The van der Waals surface area contributed by atoms with Gasteiger partial charge in [0.2, 0.25) is 0 Å². The van der Waals surface area contributed by atoms with Crippen molar-refractivity contribution in [1.82, 2.24) is 4.98 Å². The molecule has 3 rings (SSSR count). The third kappa shape index (κ3) is 3.00. The molecule has 1 aliphatic rings. The van der Waals surface area contributed by atoms with E-state index in [-0.39, 0.29) is 11.9 Å². The summed E-state index contributed by atoms with van der Waals surface area (Å²) in [5.41, 5.74) is 5.24. The summed E-state index contributed by atoms with van der Waals surface area (Å²) in [5, 5.41) is 1.32. The average Bonchev–Trinajstić information content (AvgIpc) is 2.97. The number of hydrogen-bond donors (Lipinski definition) is 1. The second-order valence-electron chi connectivity index (χ2n) is 6.65. The fourth-order valence-electron chi connectivity index (χ4n) is 4.13. The molecule has 0 bridgehead atoms. The van der Waals surface area contributed by atoms with E-state index < -0.39 is 0 Å². The molecule has 2 atom stereocenters. The molecule has 0 radical (unpaired) electrons. The van der Waals surface area contributed by atoms with Gasteiger partial charge in [-0.3, -0.25) is 4.79 Å². The second kappa shape index (κ2) is 7.25. The topological polar surface area (TPSA) is 42.1 Å². The number of fused-ring (bicyclic) bond motifs is 3. The van der Waals surface area contributed by atoms with Gasteiger partial charge in [-0.05, 0) is 49.7 Å². The van der Waals surface area contributed by atoms with E-state index in [0.29, 0.717) is 18.9 Å². The lowest BCUT2D eigenvalue weighted by molar-refractivity contribution is -0.143. The van der Waals surface area contributed by atoms with Crippen molar-refractivity contribution < 1.29 is 9.53 Å². The molecule has 0 amide bonds. The Hall–Kier alpha value is -2.03. The third-order valence-electron chi connectivity index (χ3n) is 5.22. The van der Waals surface area contributed by atoms with Crippen molar-refractivity contribution in [2.75, 3.05) is 6.61 Å². The first kappa shape index (κ1) is 16.8. The van der Waals surface area contributed by atoms with Crippen molar-refractivity contribution >= 4 is 16.9 Å². The van der Waals surface area contributed by atoms with Crippen molar-refractivity contribution in [3.05, 3.63) is 47.7 Å². The lowest BCUT2D eigenvalue weighted by atomic mass is 9.77. The number of hydrogen-bond acceptors (Lipinski definition) is 2. The van der Waals surface area contributed by atoms with Crippen LogP contribution < -0.4 is 0 Å². The monoisotopic (exact) mass is 325 g/mol. The van der Waals surface area contributed by atoms with Crippen LogP contribution in [0.4, 0.5) is 0 Å². The van der Waals surface area contributed by atoms with Gasteiger partial charge in [-0.2, -0.15) is 0 Å². The third-order valence-corrected chi connectivity index (χ3v) is 5.22. The highest BCUT2D eigenvalue weighted by Gasteiger charge is 2.32. The van der Waals surface area contributed by atoms with E-state index in [2.05, 4.69) is 36.7 Å². The molecule has 3 nitrogen and oxygen atoms in total. The summed E-state index contributed by atoms with van der Waals surface area (Å²) in [7, 11) is 0. The van der Waals surface area contributed by atoms with Crippen LogP contribution in [0.2, 0.25) is 0 Å². The van der Waals surface area contributed by atoms with E-state index in [1.807, 2.05) is 13.0 Å². The number of rotatable bonds is 6. The number of carbonyl (C=O) groups is 1. The van der Waals surface area contributed by atoms with Crippen LogP contribution in [0.5, 0.6) is 0 Å². The van der Waals surface area contributed by atoms with Gasteiger partial charge in [-0.15, -0.1) is 6.58 Å². The number of ether oxygens (including phenoxy) is 1. The van der Waals surface area contributed by atoms with E-state index in [1.165, 1.54) is 27.7 Å². The van der Waals surface area contributed by atoms with E-state index in [4.69, 9.17) is 4.74 Å².